The van der Waals surface area contributed by atoms with E-state index in [2.05, 4.69) is 30.2 Å². The standard InChI is InChI=1S/C27H31F3N6O3/c28-27(29,30)18-4-1-5-20-25(18)35-23(34-20)11-24(37)31-12-16-13-36(17-3-2-9-38-10-8-17)14-22(16)39-21-7-6-19-26(21)33-15-32-19/h1,4-5,12,15,17,21-22H,2-3,6-11,13-14H2,(H,31,37)(H,32,33)(H,34,35)/b16-12-. The second-order valence-corrected chi connectivity index (χ2v) is 10.4. The van der Waals surface area contributed by atoms with Crippen molar-refractivity contribution in [3.8, 4) is 0 Å². The first-order valence-corrected chi connectivity index (χ1v) is 13.4. The van der Waals surface area contributed by atoms with Gasteiger partial charge in [0.15, 0.2) is 0 Å². The van der Waals surface area contributed by atoms with Crippen molar-refractivity contribution in [3.05, 3.63) is 59.1 Å². The van der Waals surface area contributed by atoms with Gasteiger partial charge in [0, 0.05) is 44.2 Å². The monoisotopic (exact) mass is 544 g/mol. The van der Waals surface area contributed by atoms with Crippen LogP contribution < -0.4 is 5.32 Å². The molecule has 2 aliphatic heterocycles. The van der Waals surface area contributed by atoms with Crippen molar-refractivity contribution < 1.29 is 27.4 Å². The predicted molar refractivity (Wildman–Crippen MR) is 136 cm³/mol. The fourth-order valence-corrected chi connectivity index (χ4v) is 5.85. The normalized spacial score (nSPS) is 25.3. The van der Waals surface area contributed by atoms with Crippen LogP contribution in [-0.4, -0.2) is 69.2 Å². The molecule has 0 bridgehead atoms. The van der Waals surface area contributed by atoms with Gasteiger partial charge in [0.05, 0.1) is 35.6 Å². The van der Waals surface area contributed by atoms with Gasteiger partial charge >= 0.3 is 6.18 Å². The van der Waals surface area contributed by atoms with Crippen LogP contribution in [0.2, 0.25) is 0 Å². The van der Waals surface area contributed by atoms with Crippen molar-refractivity contribution in [1.82, 2.24) is 30.2 Å². The van der Waals surface area contributed by atoms with E-state index in [1.807, 2.05) is 0 Å². The molecule has 2 saturated heterocycles. The number of imidazole rings is 2. The van der Waals surface area contributed by atoms with Gasteiger partial charge in [0.1, 0.15) is 17.4 Å². The molecule has 3 unspecified atom stereocenters. The van der Waals surface area contributed by atoms with Crippen molar-refractivity contribution in [2.45, 2.75) is 63.0 Å². The summed E-state index contributed by atoms with van der Waals surface area (Å²) in [7, 11) is 0. The minimum Gasteiger partial charge on any atom is -0.381 e. The Morgan fingerprint density at radius 1 is 1.23 bits per heavy atom. The number of ether oxygens (including phenoxy) is 2. The summed E-state index contributed by atoms with van der Waals surface area (Å²) in [5.74, 6) is -0.195. The van der Waals surface area contributed by atoms with E-state index in [1.54, 1.807) is 12.5 Å². The van der Waals surface area contributed by atoms with Gasteiger partial charge in [0.25, 0.3) is 0 Å². The lowest BCUT2D eigenvalue weighted by Gasteiger charge is -2.26. The highest BCUT2D eigenvalue weighted by Gasteiger charge is 2.37. The molecular weight excluding hydrogens is 513 g/mol. The molecule has 4 heterocycles. The van der Waals surface area contributed by atoms with Crippen LogP contribution in [0.3, 0.4) is 0 Å². The fraction of sp³-hybridized carbons (Fsp3) is 0.519. The number of aromatic amines is 2. The second-order valence-electron chi connectivity index (χ2n) is 10.4. The molecule has 3 aromatic rings. The number of nitrogens with one attached hydrogen (secondary N) is 3. The molecule has 1 amide bonds. The van der Waals surface area contributed by atoms with Crippen LogP contribution in [0, 0.1) is 0 Å². The molecule has 3 N–H and O–H groups in total. The van der Waals surface area contributed by atoms with Crippen LogP contribution in [0.5, 0.6) is 0 Å². The van der Waals surface area contributed by atoms with Gasteiger partial charge in [-0.25, -0.2) is 9.97 Å². The average molecular weight is 545 g/mol. The number of likely N-dealkylation sites (tertiary alicyclic amines) is 1. The van der Waals surface area contributed by atoms with Crippen molar-refractivity contribution >= 4 is 16.9 Å². The highest BCUT2D eigenvalue weighted by Crippen LogP contribution is 2.36. The third-order valence-electron chi connectivity index (χ3n) is 7.79. The third-order valence-corrected chi connectivity index (χ3v) is 7.79. The Kier molecular flexibility index (Phi) is 7.17. The summed E-state index contributed by atoms with van der Waals surface area (Å²) in [6.45, 7) is 2.89. The number of alkyl halides is 3. The molecule has 208 valence electrons. The van der Waals surface area contributed by atoms with Crippen molar-refractivity contribution in [2.24, 2.45) is 0 Å². The number of fused-ring (bicyclic) bond motifs is 2. The molecule has 0 saturated carbocycles. The van der Waals surface area contributed by atoms with Crippen LogP contribution in [0.25, 0.3) is 11.0 Å². The summed E-state index contributed by atoms with van der Waals surface area (Å²) in [5, 5.41) is 2.83. The van der Waals surface area contributed by atoms with E-state index in [9.17, 15) is 18.0 Å². The van der Waals surface area contributed by atoms with Gasteiger partial charge in [-0.1, -0.05) is 6.07 Å². The number of carbonyl (C=O) groups excluding carboxylic acids is 1. The predicted octanol–water partition coefficient (Wildman–Crippen LogP) is 3.80. The van der Waals surface area contributed by atoms with E-state index in [0.29, 0.717) is 19.1 Å². The topological polar surface area (TPSA) is 108 Å². The number of hydrogen-bond acceptors (Lipinski definition) is 6. The number of carbonyl (C=O) groups is 1. The lowest BCUT2D eigenvalue weighted by molar-refractivity contribution is -0.136. The minimum absolute atomic E-state index is 0.105. The van der Waals surface area contributed by atoms with E-state index in [1.165, 1.54) is 12.1 Å². The Balaban J connectivity index is 1.16. The molecule has 3 aliphatic rings. The Labute approximate surface area is 223 Å². The maximum Gasteiger partial charge on any atom is 0.418 e. The Morgan fingerprint density at radius 3 is 3.00 bits per heavy atom. The maximum absolute atomic E-state index is 13.3. The molecule has 39 heavy (non-hydrogen) atoms. The Hall–Kier alpha value is -3.22. The van der Waals surface area contributed by atoms with Crippen molar-refractivity contribution in [1.29, 1.82) is 0 Å². The lowest BCUT2D eigenvalue weighted by atomic mass is 10.1. The van der Waals surface area contributed by atoms with Crippen LogP contribution in [-0.2, 0) is 33.3 Å². The molecule has 9 nitrogen and oxygen atoms in total. The number of rotatable bonds is 6. The van der Waals surface area contributed by atoms with Crippen molar-refractivity contribution in [2.75, 3.05) is 26.3 Å². The largest absolute Gasteiger partial charge is 0.418 e. The summed E-state index contributed by atoms with van der Waals surface area (Å²) < 4.78 is 52.2. The number of benzene rings is 1. The molecule has 6 rings (SSSR count). The first-order valence-electron chi connectivity index (χ1n) is 13.4. The van der Waals surface area contributed by atoms with E-state index in [0.717, 1.165) is 68.3 Å². The Bertz CT molecular complexity index is 1360. The number of aryl methyl sites for hydroxylation is 1. The van der Waals surface area contributed by atoms with Gasteiger partial charge in [-0.3, -0.25) is 9.69 Å². The van der Waals surface area contributed by atoms with Gasteiger partial charge in [-0.05, 0) is 49.8 Å². The average Bonchev–Trinajstić information content (AvgIpc) is 3.64. The maximum atomic E-state index is 13.3. The second kappa shape index (κ2) is 10.7. The van der Waals surface area contributed by atoms with E-state index in [4.69, 9.17) is 9.47 Å². The summed E-state index contributed by atoms with van der Waals surface area (Å²) in [6.07, 6.45) is 3.13. The van der Waals surface area contributed by atoms with Crippen LogP contribution in [0.1, 0.15) is 54.6 Å². The van der Waals surface area contributed by atoms with Gasteiger partial charge in [-0.15, -0.1) is 0 Å². The highest BCUT2D eigenvalue weighted by molar-refractivity contribution is 5.83. The molecule has 3 atom stereocenters. The molecule has 0 radical (unpaired) electrons. The number of para-hydroxylation sites is 1. The molecular formula is C27H31F3N6O3. The van der Waals surface area contributed by atoms with Crippen LogP contribution >= 0.6 is 0 Å². The zero-order valence-corrected chi connectivity index (χ0v) is 21.4. The number of amides is 1. The molecule has 0 spiro atoms. The van der Waals surface area contributed by atoms with Gasteiger partial charge < -0.3 is 24.8 Å². The smallest absolute Gasteiger partial charge is 0.381 e. The zero-order valence-electron chi connectivity index (χ0n) is 21.4. The molecule has 1 aliphatic carbocycles. The number of halogens is 3. The lowest BCUT2D eigenvalue weighted by Crippen LogP contribution is -2.34. The number of nitrogens with zero attached hydrogens (tertiary/aromatic N) is 3. The molecule has 12 heteroatoms. The van der Waals surface area contributed by atoms with E-state index in [-0.39, 0.29) is 41.4 Å². The quantitative estimate of drug-likeness (QED) is 0.436. The van der Waals surface area contributed by atoms with Gasteiger partial charge in [0.2, 0.25) is 5.91 Å². The summed E-state index contributed by atoms with van der Waals surface area (Å²) in [4.78, 5) is 29.7. The molecule has 2 fully saturated rings. The van der Waals surface area contributed by atoms with Gasteiger partial charge in [-0.2, -0.15) is 13.2 Å². The van der Waals surface area contributed by atoms with E-state index < -0.39 is 11.7 Å². The van der Waals surface area contributed by atoms with Crippen LogP contribution in [0.15, 0.2) is 36.3 Å². The van der Waals surface area contributed by atoms with Crippen LogP contribution in [0.4, 0.5) is 13.2 Å². The Morgan fingerprint density at radius 2 is 2.13 bits per heavy atom. The van der Waals surface area contributed by atoms with Crippen molar-refractivity contribution in [3.63, 3.8) is 0 Å². The summed E-state index contributed by atoms with van der Waals surface area (Å²) in [5.41, 5.74) is 2.24. The number of H-pyrrole nitrogens is 2. The first kappa shape index (κ1) is 26.0. The fourth-order valence-electron chi connectivity index (χ4n) is 5.85. The SMILES string of the molecule is O=C(Cc1nc2c(C(F)(F)F)cccc2[nH]1)N/C=C1/CN(C2CCCOCC2)CC1OC1CCc2[nH]cnc21. The summed E-state index contributed by atoms with van der Waals surface area (Å²) >= 11 is 0. The first-order chi connectivity index (χ1) is 18.8. The minimum atomic E-state index is -4.53. The number of hydrogen-bond donors (Lipinski definition) is 3. The molecule has 2 aromatic heterocycles. The zero-order chi connectivity index (χ0) is 27.0. The highest BCUT2D eigenvalue weighted by atomic mass is 19.4. The third kappa shape index (κ3) is 5.59. The number of aromatic nitrogens is 4. The van der Waals surface area contributed by atoms with E-state index >= 15 is 0 Å². The summed E-state index contributed by atoms with van der Waals surface area (Å²) in [6, 6.07) is 4.20. The molecule has 1 aromatic carbocycles.